The Morgan fingerprint density at radius 1 is 1.07 bits per heavy atom. The number of para-hydroxylation sites is 2. The van der Waals surface area contributed by atoms with E-state index in [4.69, 9.17) is 44.9 Å². The van der Waals surface area contributed by atoms with Gasteiger partial charge < -0.3 is 14.8 Å². The second kappa shape index (κ2) is 10.8. The maximum absolute atomic E-state index is 6.25. The highest BCUT2D eigenvalue weighted by atomic mass is 35.5. The number of halogens is 2. The van der Waals surface area contributed by atoms with Crippen molar-refractivity contribution in [2.75, 3.05) is 12.4 Å². The molecule has 0 bridgehead atoms. The summed E-state index contributed by atoms with van der Waals surface area (Å²) in [5.74, 6) is 1.17. The predicted octanol–water partition coefficient (Wildman–Crippen LogP) is 3.98. The van der Waals surface area contributed by atoms with Crippen LogP contribution in [0.3, 0.4) is 0 Å². The van der Waals surface area contributed by atoms with Gasteiger partial charge in [0, 0.05) is 21.3 Å². The molecule has 0 heterocycles. The van der Waals surface area contributed by atoms with E-state index < -0.39 is 0 Å². The first-order chi connectivity index (χ1) is 14.6. The zero-order chi connectivity index (χ0) is 21.3. The number of hydrazone groups is 1. The standard InChI is InChI=1S/C22H19Cl2N3O2S/c1-28-20-9-5-6-15(13-25-27-22(30)26-18-7-3-2-4-8-18)21(20)29-14-16-10-11-17(23)12-19(16)24/h2-13H,14H2,1H3,(H2,26,27,30)/p+1. The third kappa shape index (κ3) is 6.10. The van der Waals surface area contributed by atoms with E-state index in [1.807, 2.05) is 54.6 Å². The van der Waals surface area contributed by atoms with Gasteiger partial charge in [-0.1, -0.05) is 53.5 Å². The molecule has 0 fully saturated rings. The van der Waals surface area contributed by atoms with Gasteiger partial charge in [-0.25, -0.2) is 0 Å². The zero-order valence-electron chi connectivity index (χ0n) is 16.1. The molecule has 0 saturated heterocycles. The number of rotatable bonds is 7. The van der Waals surface area contributed by atoms with Gasteiger partial charge in [0.1, 0.15) is 6.61 Å². The van der Waals surface area contributed by atoms with Gasteiger partial charge in [-0.3, -0.25) is 0 Å². The molecule has 0 aliphatic heterocycles. The Labute approximate surface area is 190 Å². The lowest BCUT2D eigenvalue weighted by Gasteiger charge is -2.13. The van der Waals surface area contributed by atoms with E-state index in [1.165, 1.54) is 0 Å². The van der Waals surface area contributed by atoms with Crippen LogP contribution in [-0.2, 0) is 6.61 Å². The number of benzene rings is 3. The van der Waals surface area contributed by atoms with Crippen molar-refractivity contribution in [1.82, 2.24) is 5.43 Å². The molecule has 0 aliphatic rings. The first-order valence-electron chi connectivity index (χ1n) is 9.01. The number of methoxy groups -OCH3 is 1. The number of hydrazine groups is 1. The van der Waals surface area contributed by atoms with E-state index in [1.54, 1.807) is 25.5 Å². The fraction of sp³-hybridized carbons (Fsp3) is 0.0909. The minimum atomic E-state index is 0.263. The van der Waals surface area contributed by atoms with Crippen LogP contribution >= 0.6 is 35.4 Å². The SMILES string of the molecule is COc1cccc(C=[NH+]NC(=S)Nc2ccccc2)c1OCc1ccc(Cl)cc1Cl. The summed E-state index contributed by atoms with van der Waals surface area (Å²) in [6.45, 7) is 0.263. The predicted molar refractivity (Wildman–Crippen MR) is 126 cm³/mol. The lowest BCUT2D eigenvalue weighted by Crippen LogP contribution is -2.82. The smallest absolute Gasteiger partial charge is 0.228 e. The fourth-order valence-electron chi connectivity index (χ4n) is 2.61. The molecule has 0 aliphatic carbocycles. The van der Waals surface area contributed by atoms with Gasteiger partial charge in [0.15, 0.2) is 11.5 Å². The van der Waals surface area contributed by atoms with Crippen LogP contribution in [0.1, 0.15) is 11.1 Å². The Hall–Kier alpha value is -2.80. The van der Waals surface area contributed by atoms with Crippen molar-refractivity contribution in [1.29, 1.82) is 0 Å². The van der Waals surface area contributed by atoms with E-state index in [0.717, 1.165) is 16.8 Å². The molecule has 0 atom stereocenters. The van der Waals surface area contributed by atoms with Crippen molar-refractivity contribution < 1.29 is 14.6 Å². The topological polar surface area (TPSA) is 56.5 Å². The second-order valence-corrected chi connectivity index (χ2v) is 7.39. The zero-order valence-corrected chi connectivity index (χ0v) is 18.4. The van der Waals surface area contributed by atoms with Gasteiger partial charge in [-0.15, -0.1) is 10.5 Å². The van der Waals surface area contributed by atoms with Gasteiger partial charge in [0.2, 0.25) is 11.3 Å². The van der Waals surface area contributed by atoms with E-state index in [2.05, 4.69) is 15.8 Å². The van der Waals surface area contributed by atoms with Crippen LogP contribution < -0.4 is 25.3 Å². The van der Waals surface area contributed by atoms with Crippen molar-refractivity contribution in [2.45, 2.75) is 6.61 Å². The van der Waals surface area contributed by atoms with Gasteiger partial charge in [-0.2, -0.15) is 0 Å². The first-order valence-corrected chi connectivity index (χ1v) is 10.2. The van der Waals surface area contributed by atoms with Crippen LogP contribution in [-0.4, -0.2) is 18.4 Å². The summed E-state index contributed by atoms with van der Waals surface area (Å²) in [6.07, 6.45) is 1.74. The molecule has 0 spiro atoms. The van der Waals surface area contributed by atoms with Crippen molar-refractivity contribution in [3.05, 3.63) is 87.9 Å². The monoisotopic (exact) mass is 460 g/mol. The number of ether oxygens (including phenoxy) is 2. The van der Waals surface area contributed by atoms with Gasteiger partial charge in [0.25, 0.3) is 0 Å². The summed E-state index contributed by atoms with van der Waals surface area (Å²) in [5.41, 5.74) is 5.40. The quantitative estimate of drug-likeness (QED) is 0.282. The Morgan fingerprint density at radius 3 is 2.60 bits per heavy atom. The van der Waals surface area contributed by atoms with Crippen molar-refractivity contribution >= 4 is 52.4 Å². The molecular formula is C22H20Cl2N3O2S+. The molecular weight excluding hydrogens is 441 g/mol. The van der Waals surface area contributed by atoms with Gasteiger partial charge >= 0.3 is 0 Å². The normalized spacial score (nSPS) is 10.6. The maximum Gasteiger partial charge on any atom is 0.228 e. The molecule has 3 rings (SSSR count). The molecule has 154 valence electrons. The number of thiocarbonyl (C=S) groups is 1. The number of anilines is 1. The Bertz CT molecular complexity index is 1050. The van der Waals surface area contributed by atoms with E-state index in [9.17, 15) is 0 Å². The summed E-state index contributed by atoms with van der Waals surface area (Å²) in [6, 6.07) is 20.5. The summed E-state index contributed by atoms with van der Waals surface area (Å²) < 4.78 is 11.5. The van der Waals surface area contributed by atoms with Crippen molar-refractivity contribution in [3.8, 4) is 11.5 Å². The summed E-state index contributed by atoms with van der Waals surface area (Å²) in [7, 11) is 1.59. The molecule has 0 radical (unpaired) electrons. The molecule has 0 aromatic heterocycles. The molecule has 3 N–H and O–H groups in total. The molecule has 0 saturated carbocycles. The maximum atomic E-state index is 6.25. The van der Waals surface area contributed by atoms with Crippen molar-refractivity contribution in [3.63, 3.8) is 0 Å². The highest BCUT2D eigenvalue weighted by Gasteiger charge is 2.13. The second-order valence-electron chi connectivity index (χ2n) is 6.14. The van der Waals surface area contributed by atoms with Gasteiger partial charge in [0.05, 0.1) is 12.7 Å². The lowest BCUT2D eigenvalue weighted by atomic mass is 10.2. The fourth-order valence-corrected chi connectivity index (χ4v) is 3.25. The Morgan fingerprint density at radius 2 is 1.87 bits per heavy atom. The van der Waals surface area contributed by atoms with Crippen LogP contribution in [0.15, 0.2) is 66.7 Å². The summed E-state index contributed by atoms with van der Waals surface area (Å²) >= 11 is 17.5. The third-order valence-electron chi connectivity index (χ3n) is 4.06. The minimum absolute atomic E-state index is 0.263. The van der Waals surface area contributed by atoms with Crippen LogP contribution in [0.2, 0.25) is 10.0 Å². The van der Waals surface area contributed by atoms with E-state index >= 15 is 0 Å². The molecule has 3 aromatic carbocycles. The lowest BCUT2D eigenvalue weighted by molar-refractivity contribution is -0.499. The molecule has 5 nitrogen and oxygen atoms in total. The average Bonchev–Trinajstić information content (AvgIpc) is 2.74. The van der Waals surface area contributed by atoms with Crippen LogP contribution in [0.25, 0.3) is 0 Å². The largest absolute Gasteiger partial charge is 0.493 e. The number of hydrogen-bond acceptors (Lipinski definition) is 3. The Kier molecular flexibility index (Phi) is 7.90. The van der Waals surface area contributed by atoms with E-state index in [0.29, 0.717) is 26.7 Å². The van der Waals surface area contributed by atoms with Crippen LogP contribution in [0.4, 0.5) is 5.69 Å². The summed E-state index contributed by atoms with van der Waals surface area (Å²) in [4.78, 5) is 0. The molecule has 0 unspecified atom stereocenters. The average molecular weight is 461 g/mol. The van der Waals surface area contributed by atoms with Crippen LogP contribution in [0.5, 0.6) is 11.5 Å². The number of nitrogens with one attached hydrogen (secondary N) is 3. The van der Waals surface area contributed by atoms with E-state index in [-0.39, 0.29) is 6.61 Å². The first kappa shape index (κ1) is 21.9. The highest BCUT2D eigenvalue weighted by molar-refractivity contribution is 7.80. The highest BCUT2D eigenvalue weighted by Crippen LogP contribution is 2.31. The third-order valence-corrected chi connectivity index (χ3v) is 4.85. The molecule has 8 heteroatoms. The Balaban J connectivity index is 1.70. The van der Waals surface area contributed by atoms with Crippen molar-refractivity contribution in [2.24, 2.45) is 0 Å². The number of hydrogen-bond donors (Lipinski definition) is 3. The van der Waals surface area contributed by atoms with Crippen LogP contribution in [0, 0.1) is 0 Å². The van der Waals surface area contributed by atoms with Gasteiger partial charge in [-0.05, 0) is 48.6 Å². The molecule has 0 amide bonds. The molecule has 30 heavy (non-hydrogen) atoms. The molecule has 3 aromatic rings. The summed E-state index contributed by atoms with van der Waals surface area (Å²) in [5, 5.41) is 7.59. The minimum Gasteiger partial charge on any atom is -0.493 e.